The van der Waals surface area contributed by atoms with Crippen molar-refractivity contribution in [3.05, 3.63) is 60.5 Å². The molecule has 0 radical (unpaired) electrons. The first kappa shape index (κ1) is 12.2. The Kier molecular flexibility index (Phi) is 3.09. The molecular weight excluding hydrogens is 256 g/mol. The first-order valence-electron chi connectivity index (χ1n) is 6.08. The van der Waals surface area contributed by atoms with E-state index >= 15 is 0 Å². The molecule has 2 aromatic heterocycles. The smallest absolute Gasteiger partial charge is 0.291 e. The first-order chi connectivity index (χ1) is 9.74. The van der Waals surface area contributed by atoms with E-state index in [0.29, 0.717) is 17.2 Å². The highest BCUT2D eigenvalue weighted by atomic mass is 16.3. The topological polar surface area (TPSA) is 68.3 Å². The van der Waals surface area contributed by atoms with Crippen LogP contribution in [-0.2, 0) is 0 Å². The molecule has 0 unspecified atom stereocenters. The number of benzene rings is 1. The van der Waals surface area contributed by atoms with Crippen LogP contribution in [-0.4, -0.2) is 10.9 Å². The first-order valence-corrected chi connectivity index (χ1v) is 6.08. The van der Waals surface area contributed by atoms with E-state index in [9.17, 15) is 4.79 Å². The minimum absolute atomic E-state index is 0.276. The van der Waals surface area contributed by atoms with Gasteiger partial charge in [0.2, 0.25) is 0 Å². The second-order valence-corrected chi connectivity index (χ2v) is 4.33. The molecule has 20 heavy (non-hydrogen) atoms. The van der Waals surface area contributed by atoms with Crippen molar-refractivity contribution < 1.29 is 13.6 Å². The predicted molar refractivity (Wildman–Crippen MR) is 73.3 cm³/mol. The largest absolute Gasteiger partial charge is 0.459 e. The zero-order valence-electron chi connectivity index (χ0n) is 10.8. The molecule has 0 aliphatic rings. The molecule has 5 nitrogen and oxygen atoms in total. The molecule has 1 aromatic carbocycles. The SMILES string of the molecule is Cc1ccoc1C(=O)Nc1cccc(-c2cnco2)c1. The number of furan rings is 1. The quantitative estimate of drug-likeness (QED) is 0.789. The van der Waals surface area contributed by atoms with E-state index in [-0.39, 0.29) is 5.91 Å². The number of aryl methyl sites for hydroxylation is 1. The van der Waals surface area contributed by atoms with Crippen molar-refractivity contribution in [3.63, 3.8) is 0 Å². The maximum atomic E-state index is 12.1. The van der Waals surface area contributed by atoms with Crippen molar-refractivity contribution in [1.82, 2.24) is 4.98 Å². The molecule has 1 N–H and O–H groups in total. The fourth-order valence-electron chi connectivity index (χ4n) is 1.90. The van der Waals surface area contributed by atoms with Crippen molar-refractivity contribution in [3.8, 4) is 11.3 Å². The average Bonchev–Trinajstić information content (AvgIpc) is 3.09. The van der Waals surface area contributed by atoms with Crippen LogP contribution in [0.25, 0.3) is 11.3 Å². The number of nitrogens with zero attached hydrogens (tertiary/aromatic N) is 1. The lowest BCUT2D eigenvalue weighted by Crippen LogP contribution is -2.11. The molecule has 2 heterocycles. The Morgan fingerprint density at radius 3 is 2.85 bits per heavy atom. The van der Waals surface area contributed by atoms with Crippen molar-refractivity contribution in [2.24, 2.45) is 0 Å². The van der Waals surface area contributed by atoms with Gasteiger partial charge < -0.3 is 14.2 Å². The normalized spacial score (nSPS) is 10.4. The van der Waals surface area contributed by atoms with Crippen LogP contribution in [0, 0.1) is 6.92 Å². The van der Waals surface area contributed by atoms with Crippen molar-refractivity contribution in [2.75, 3.05) is 5.32 Å². The fourth-order valence-corrected chi connectivity index (χ4v) is 1.90. The Labute approximate surface area is 115 Å². The van der Waals surface area contributed by atoms with Gasteiger partial charge in [0.15, 0.2) is 17.9 Å². The van der Waals surface area contributed by atoms with Crippen LogP contribution in [0.4, 0.5) is 5.69 Å². The number of hydrogen-bond donors (Lipinski definition) is 1. The minimum atomic E-state index is -0.276. The predicted octanol–water partition coefficient (Wildman–Crippen LogP) is 3.50. The maximum Gasteiger partial charge on any atom is 0.291 e. The highest BCUT2D eigenvalue weighted by molar-refractivity contribution is 6.03. The van der Waals surface area contributed by atoms with Crippen LogP contribution in [0.5, 0.6) is 0 Å². The summed E-state index contributed by atoms with van der Waals surface area (Å²) in [5, 5.41) is 2.79. The number of amides is 1. The lowest BCUT2D eigenvalue weighted by molar-refractivity contribution is 0.0996. The monoisotopic (exact) mass is 268 g/mol. The summed E-state index contributed by atoms with van der Waals surface area (Å²) in [5.41, 5.74) is 2.31. The van der Waals surface area contributed by atoms with Crippen LogP contribution >= 0.6 is 0 Å². The third-order valence-corrected chi connectivity index (χ3v) is 2.91. The van der Waals surface area contributed by atoms with Gasteiger partial charge >= 0.3 is 0 Å². The number of carbonyl (C=O) groups is 1. The van der Waals surface area contributed by atoms with E-state index in [2.05, 4.69) is 10.3 Å². The van der Waals surface area contributed by atoms with Gasteiger partial charge in [-0.05, 0) is 25.1 Å². The molecule has 3 rings (SSSR count). The van der Waals surface area contributed by atoms with Gasteiger partial charge in [-0.15, -0.1) is 0 Å². The maximum absolute atomic E-state index is 12.1. The summed E-state index contributed by atoms with van der Waals surface area (Å²) in [4.78, 5) is 15.9. The summed E-state index contributed by atoms with van der Waals surface area (Å²) in [6, 6.07) is 9.09. The Morgan fingerprint density at radius 1 is 1.25 bits per heavy atom. The molecule has 100 valence electrons. The van der Waals surface area contributed by atoms with Gasteiger partial charge in [-0.1, -0.05) is 12.1 Å². The zero-order valence-corrected chi connectivity index (χ0v) is 10.8. The minimum Gasteiger partial charge on any atom is -0.459 e. The van der Waals surface area contributed by atoms with Gasteiger partial charge in [-0.2, -0.15) is 0 Å². The number of oxazole rings is 1. The van der Waals surface area contributed by atoms with E-state index in [1.807, 2.05) is 25.1 Å². The summed E-state index contributed by atoms with van der Waals surface area (Å²) >= 11 is 0. The van der Waals surface area contributed by atoms with E-state index < -0.39 is 0 Å². The molecular formula is C15H12N2O3. The zero-order chi connectivity index (χ0) is 13.9. The van der Waals surface area contributed by atoms with E-state index in [4.69, 9.17) is 8.83 Å². The number of nitrogens with one attached hydrogen (secondary N) is 1. The molecule has 0 saturated carbocycles. The Hall–Kier alpha value is -2.82. The molecule has 0 spiro atoms. The molecule has 3 aromatic rings. The van der Waals surface area contributed by atoms with Gasteiger partial charge in [0, 0.05) is 16.8 Å². The second kappa shape index (κ2) is 5.05. The molecule has 0 aliphatic heterocycles. The second-order valence-electron chi connectivity index (χ2n) is 4.33. The third-order valence-electron chi connectivity index (χ3n) is 2.91. The highest BCUT2D eigenvalue weighted by Gasteiger charge is 2.13. The van der Waals surface area contributed by atoms with Gasteiger partial charge in [0.05, 0.1) is 12.5 Å². The average molecular weight is 268 g/mol. The van der Waals surface area contributed by atoms with Crippen molar-refractivity contribution in [1.29, 1.82) is 0 Å². The lowest BCUT2D eigenvalue weighted by Gasteiger charge is -2.05. The van der Waals surface area contributed by atoms with Gasteiger partial charge in [0.1, 0.15) is 0 Å². The number of anilines is 1. The van der Waals surface area contributed by atoms with Crippen LogP contribution in [0.1, 0.15) is 16.1 Å². The summed E-state index contributed by atoms with van der Waals surface area (Å²) in [5.74, 6) is 0.688. The molecule has 0 saturated heterocycles. The molecule has 0 fully saturated rings. The molecule has 0 bridgehead atoms. The fraction of sp³-hybridized carbons (Fsp3) is 0.0667. The van der Waals surface area contributed by atoms with Gasteiger partial charge in [-0.3, -0.25) is 4.79 Å². The summed E-state index contributed by atoms with van der Waals surface area (Å²) in [6.07, 6.45) is 4.49. The van der Waals surface area contributed by atoms with Gasteiger partial charge in [0.25, 0.3) is 5.91 Å². The van der Waals surface area contributed by atoms with Crippen LogP contribution in [0.2, 0.25) is 0 Å². The lowest BCUT2D eigenvalue weighted by atomic mass is 10.1. The Morgan fingerprint density at radius 2 is 2.15 bits per heavy atom. The number of aromatic nitrogens is 1. The number of rotatable bonds is 3. The molecule has 1 amide bonds. The van der Waals surface area contributed by atoms with Crippen molar-refractivity contribution >= 4 is 11.6 Å². The van der Waals surface area contributed by atoms with E-state index in [1.165, 1.54) is 12.7 Å². The highest BCUT2D eigenvalue weighted by Crippen LogP contribution is 2.22. The van der Waals surface area contributed by atoms with E-state index in [0.717, 1.165) is 11.1 Å². The molecule has 5 heteroatoms. The van der Waals surface area contributed by atoms with Gasteiger partial charge in [-0.25, -0.2) is 4.98 Å². The summed E-state index contributed by atoms with van der Waals surface area (Å²) in [7, 11) is 0. The van der Waals surface area contributed by atoms with Crippen LogP contribution in [0.15, 0.2) is 58.0 Å². The summed E-state index contributed by atoms with van der Waals surface area (Å²) < 4.78 is 10.4. The number of hydrogen-bond acceptors (Lipinski definition) is 4. The summed E-state index contributed by atoms with van der Waals surface area (Å²) in [6.45, 7) is 1.82. The van der Waals surface area contributed by atoms with E-state index in [1.54, 1.807) is 18.3 Å². The molecule has 0 atom stereocenters. The van der Waals surface area contributed by atoms with Crippen molar-refractivity contribution in [2.45, 2.75) is 6.92 Å². The number of carbonyl (C=O) groups excluding carboxylic acids is 1. The van der Waals surface area contributed by atoms with Crippen LogP contribution in [0.3, 0.4) is 0 Å². The third kappa shape index (κ3) is 2.33. The standard InChI is InChI=1S/C15H12N2O3/c1-10-5-6-19-14(10)15(18)17-12-4-2-3-11(7-12)13-8-16-9-20-13/h2-9H,1H3,(H,17,18). The van der Waals surface area contributed by atoms with Crippen LogP contribution < -0.4 is 5.32 Å². The molecule has 0 aliphatic carbocycles. The Bertz CT molecular complexity index is 729. The Balaban J connectivity index is 1.83.